The number of rotatable bonds is 9. The van der Waals surface area contributed by atoms with Crippen LogP contribution in [0.2, 0.25) is 0 Å². The van der Waals surface area contributed by atoms with Crippen LogP contribution < -0.4 is 5.32 Å². The highest BCUT2D eigenvalue weighted by Crippen LogP contribution is 2.27. The summed E-state index contributed by atoms with van der Waals surface area (Å²) in [6, 6.07) is 9.61. The Balaban J connectivity index is 1.48. The van der Waals surface area contributed by atoms with E-state index in [1.807, 2.05) is 0 Å². The van der Waals surface area contributed by atoms with Crippen LogP contribution in [0, 0.1) is 11.6 Å². The van der Waals surface area contributed by atoms with E-state index in [1.165, 1.54) is 51.3 Å². The Morgan fingerprint density at radius 3 is 2.51 bits per heavy atom. The van der Waals surface area contributed by atoms with E-state index in [9.17, 15) is 33.1 Å². The van der Waals surface area contributed by atoms with Crippen molar-refractivity contribution in [3.8, 4) is 0 Å². The minimum Gasteiger partial charge on any atom is -0.481 e. The number of piperazine rings is 1. The Morgan fingerprint density at radius 2 is 1.82 bits per heavy atom. The zero-order chi connectivity index (χ0) is 28.1. The van der Waals surface area contributed by atoms with E-state index in [2.05, 4.69) is 5.32 Å². The van der Waals surface area contributed by atoms with Crippen LogP contribution in [0.3, 0.4) is 0 Å². The van der Waals surface area contributed by atoms with Gasteiger partial charge in [0.2, 0.25) is 11.8 Å². The van der Waals surface area contributed by atoms with Crippen molar-refractivity contribution in [1.29, 1.82) is 0 Å². The number of urea groups is 1. The summed E-state index contributed by atoms with van der Waals surface area (Å²) in [5.41, 5.74) is 1.26. The van der Waals surface area contributed by atoms with Gasteiger partial charge in [-0.1, -0.05) is 24.3 Å². The molecular formula is C26H29F2N5O6. The standard InChI is InChI=1S/C26H29F2N5O6/c1-30-15-23(34)32-21(12-24(35)36)25(37)31(9-10-39-16-18-3-2-4-20(28)11-18)14-22(32)33(30)26(38)29-13-17-5-7-19(27)8-6-17/h2-8,11,21-22H,9-10,12-16H2,1H3,(H,29,38)(H,35,36)/t21-,22?/m0/s1. The summed E-state index contributed by atoms with van der Waals surface area (Å²) in [5.74, 6) is -3.12. The lowest BCUT2D eigenvalue weighted by Gasteiger charge is -2.54. The molecule has 4 rings (SSSR count). The van der Waals surface area contributed by atoms with Gasteiger partial charge in [0.15, 0.2) is 0 Å². The van der Waals surface area contributed by atoms with Gasteiger partial charge in [0.05, 0.1) is 32.7 Å². The number of fused-ring (bicyclic) bond motifs is 1. The highest BCUT2D eigenvalue weighted by Gasteiger charge is 2.51. The minimum atomic E-state index is -1.31. The number of hydrogen-bond donors (Lipinski definition) is 2. The summed E-state index contributed by atoms with van der Waals surface area (Å²) in [7, 11) is 1.54. The first kappa shape index (κ1) is 27.9. The van der Waals surface area contributed by atoms with Gasteiger partial charge in [-0.25, -0.2) is 23.6 Å². The van der Waals surface area contributed by atoms with Crippen LogP contribution in [0.5, 0.6) is 0 Å². The molecule has 2 heterocycles. The summed E-state index contributed by atoms with van der Waals surface area (Å²) < 4.78 is 32.2. The highest BCUT2D eigenvalue weighted by molar-refractivity contribution is 5.93. The van der Waals surface area contributed by atoms with Crippen LogP contribution in [0.1, 0.15) is 17.5 Å². The number of carbonyl (C=O) groups excluding carboxylic acids is 3. The Hall–Kier alpha value is -4.10. The molecule has 11 nitrogen and oxygen atoms in total. The number of carboxylic acids is 1. The minimum absolute atomic E-state index is 0.0648. The molecule has 4 amide bonds. The number of ether oxygens (including phenoxy) is 1. The van der Waals surface area contributed by atoms with Crippen molar-refractivity contribution in [2.45, 2.75) is 31.8 Å². The zero-order valence-corrected chi connectivity index (χ0v) is 21.3. The number of benzene rings is 2. The maximum absolute atomic E-state index is 13.4. The van der Waals surface area contributed by atoms with E-state index in [0.717, 1.165) is 4.90 Å². The topological polar surface area (TPSA) is 123 Å². The van der Waals surface area contributed by atoms with E-state index in [4.69, 9.17) is 4.74 Å². The van der Waals surface area contributed by atoms with Gasteiger partial charge >= 0.3 is 12.0 Å². The highest BCUT2D eigenvalue weighted by atomic mass is 19.1. The first-order chi connectivity index (χ1) is 18.6. The Labute approximate surface area is 223 Å². The largest absolute Gasteiger partial charge is 0.481 e. The van der Waals surface area contributed by atoms with Gasteiger partial charge in [0.25, 0.3) is 0 Å². The number of carboxylic acid groups (broad SMARTS) is 1. The second kappa shape index (κ2) is 12.2. The van der Waals surface area contributed by atoms with Crippen LogP contribution in [0.4, 0.5) is 13.6 Å². The van der Waals surface area contributed by atoms with E-state index >= 15 is 0 Å². The average molecular weight is 546 g/mol. The smallest absolute Gasteiger partial charge is 0.334 e. The summed E-state index contributed by atoms with van der Waals surface area (Å²) in [5, 5.41) is 14.9. The molecule has 1 unspecified atom stereocenters. The molecule has 2 saturated heterocycles. The summed E-state index contributed by atoms with van der Waals surface area (Å²) in [4.78, 5) is 53.7. The molecule has 2 aliphatic heterocycles. The molecule has 39 heavy (non-hydrogen) atoms. The molecule has 2 aromatic rings. The van der Waals surface area contributed by atoms with Crippen LogP contribution in [0.25, 0.3) is 0 Å². The number of hydrazine groups is 1. The molecule has 13 heteroatoms. The average Bonchev–Trinajstić information content (AvgIpc) is 2.88. The van der Waals surface area contributed by atoms with Crippen LogP contribution in [-0.4, -0.2) is 94.2 Å². The van der Waals surface area contributed by atoms with Gasteiger partial charge in [0, 0.05) is 20.1 Å². The van der Waals surface area contributed by atoms with Crippen molar-refractivity contribution in [3.05, 3.63) is 71.3 Å². The number of amides is 4. The molecular weight excluding hydrogens is 516 g/mol. The van der Waals surface area contributed by atoms with Crippen LogP contribution >= 0.6 is 0 Å². The van der Waals surface area contributed by atoms with Crippen molar-refractivity contribution in [2.75, 3.05) is 33.3 Å². The van der Waals surface area contributed by atoms with Crippen molar-refractivity contribution < 1.29 is 37.8 Å². The summed E-state index contributed by atoms with van der Waals surface area (Å²) in [6.45, 7) is 0.0120. The number of aliphatic carboxylic acids is 1. The van der Waals surface area contributed by atoms with E-state index in [0.29, 0.717) is 11.1 Å². The number of carbonyl (C=O) groups is 4. The third kappa shape index (κ3) is 6.67. The number of hydrogen-bond acceptors (Lipinski definition) is 6. The molecule has 0 bridgehead atoms. The molecule has 208 valence electrons. The predicted molar refractivity (Wildman–Crippen MR) is 132 cm³/mol. The second-order valence-corrected chi connectivity index (χ2v) is 9.31. The second-order valence-electron chi connectivity index (χ2n) is 9.31. The molecule has 0 aliphatic carbocycles. The number of likely N-dealkylation sites (N-methyl/N-ethyl adjacent to an activating group) is 1. The van der Waals surface area contributed by atoms with Crippen molar-refractivity contribution in [2.24, 2.45) is 0 Å². The monoisotopic (exact) mass is 545 g/mol. The lowest BCUT2D eigenvalue weighted by atomic mass is 10.0. The Kier molecular flexibility index (Phi) is 8.72. The SMILES string of the molecule is CN1CC(=O)N2C(CN(CCOCc3cccc(F)c3)C(=O)[C@@H]2CC(=O)O)N1C(=O)NCc1ccc(F)cc1. The van der Waals surface area contributed by atoms with Gasteiger partial charge in [-0.05, 0) is 35.4 Å². The molecule has 2 N–H and O–H groups in total. The molecule has 0 spiro atoms. The number of nitrogens with one attached hydrogen (secondary N) is 1. The fraction of sp³-hybridized carbons (Fsp3) is 0.385. The molecule has 0 radical (unpaired) electrons. The number of nitrogens with zero attached hydrogens (tertiary/aromatic N) is 4. The van der Waals surface area contributed by atoms with Crippen molar-refractivity contribution in [3.63, 3.8) is 0 Å². The van der Waals surface area contributed by atoms with Gasteiger partial charge in [-0.3, -0.25) is 14.4 Å². The van der Waals surface area contributed by atoms with Gasteiger partial charge in [-0.2, -0.15) is 0 Å². The Morgan fingerprint density at radius 1 is 1.08 bits per heavy atom. The van der Waals surface area contributed by atoms with Gasteiger partial charge in [-0.15, -0.1) is 0 Å². The maximum atomic E-state index is 13.4. The van der Waals surface area contributed by atoms with E-state index < -0.39 is 54.1 Å². The van der Waals surface area contributed by atoms with E-state index in [-0.39, 0.29) is 39.4 Å². The van der Waals surface area contributed by atoms with Gasteiger partial charge < -0.3 is 25.0 Å². The third-order valence-corrected chi connectivity index (χ3v) is 6.54. The quantitative estimate of drug-likeness (QED) is 0.457. The van der Waals surface area contributed by atoms with E-state index in [1.54, 1.807) is 19.2 Å². The fourth-order valence-corrected chi connectivity index (χ4v) is 4.72. The Bertz CT molecular complexity index is 1230. The van der Waals surface area contributed by atoms with Crippen molar-refractivity contribution >= 4 is 23.8 Å². The predicted octanol–water partition coefficient (Wildman–Crippen LogP) is 1.39. The maximum Gasteiger partial charge on any atom is 0.334 e. The zero-order valence-electron chi connectivity index (χ0n) is 21.3. The molecule has 2 fully saturated rings. The lowest BCUT2D eigenvalue weighted by molar-refractivity contribution is -0.189. The first-order valence-electron chi connectivity index (χ1n) is 12.3. The van der Waals surface area contributed by atoms with Gasteiger partial charge in [0.1, 0.15) is 23.8 Å². The number of halogens is 2. The van der Waals surface area contributed by atoms with Crippen LogP contribution in [-0.2, 0) is 32.3 Å². The normalized spacial score (nSPS) is 19.7. The summed E-state index contributed by atoms with van der Waals surface area (Å²) >= 11 is 0. The lowest BCUT2D eigenvalue weighted by Crippen LogP contribution is -2.76. The third-order valence-electron chi connectivity index (χ3n) is 6.54. The molecule has 2 aliphatic rings. The van der Waals surface area contributed by atoms with Crippen molar-refractivity contribution in [1.82, 2.24) is 25.1 Å². The molecule has 0 saturated carbocycles. The molecule has 2 atom stereocenters. The summed E-state index contributed by atoms with van der Waals surface area (Å²) in [6.07, 6.45) is -1.59. The first-order valence-corrected chi connectivity index (χ1v) is 12.3. The van der Waals surface area contributed by atoms with Crippen LogP contribution in [0.15, 0.2) is 48.5 Å². The molecule has 2 aromatic carbocycles. The fourth-order valence-electron chi connectivity index (χ4n) is 4.72. The molecule has 0 aromatic heterocycles.